The van der Waals surface area contributed by atoms with E-state index in [1.165, 1.54) is 25.3 Å². The zero-order valence-corrected chi connectivity index (χ0v) is 10.4. The van der Waals surface area contributed by atoms with Crippen LogP contribution in [0.5, 0.6) is 0 Å². The molecule has 1 unspecified atom stereocenters. The van der Waals surface area contributed by atoms with Crippen LogP contribution in [-0.2, 0) is 9.53 Å². The third kappa shape index (κ3) is 2.49. The number of carbonyl (C=O) groups is 2. The molecule has 2 N–H and O–H groups in total. The van der Waals surface area contributed by atoms with E-state index in [0.717, 1.165) is 12.8 Å². The lowest BCUT2D eigenvalue weighted by Crippen LogP contribution is -2.55. The summed E-state index contributed by atoms with van der Waals surface area (Å²) in [5.41, 5.74) is 0.394. The molecule has 1 atom stereocenters. The van der Waals surface area contributed by atoms with E-state index in [9.17, 15) is 9.59 Å². The van der Waals surface area contributed by atoms with Crippen molar-refractivity contribution in [1.29, 1.82) is 0 Å². The topological polar surface area (TPSA) is 75.6 Å². The molecule has 2 aliphatic rings. The minimum absolute atomic E-state index is 0.0408. The molecule has 2 aliphatic carbocycles. The molecule has 0 saturated heterocycles. The van der Waals surface area contributed by atoms with Gasteiger partial charge < -0.3 is 15.2 Å². The van der Waals surface area contributed by atoms with Gasteiger partial charge in [-0.05, 0) is 37.0 Å². The monoisotopic (exact) mass is 253 g/mol. The van der Waals surface area contributed by atoms with E-state index >= 15 is 0 Å². The SMILES string of the molecule is C=CCOC(=O)NC(C(=O)O)C1CC2(CCC2)C1. The van der Waals surface area contributed by atoms with E-state index in [1.807, 2.05) is 0 Å². The van der Waals surface area contributed by atoms with Crippen LogP contribution in [0, 0.1) is 11.3 Å². The highest BCUT2D eigenvalue weighted by Crippen LogP contribution is 2.59. The molecule has 2 rings (SSSR count). The molecule has 5 heteroatoms. The second kappa shape index (κ2) is 5.00. The van der Waals surface area contributed by atoms with E-state index in [2.05, 4.69) is 11.9 Å². The lowest BCUT2D eigenvalue weighted by Gasteiger charge is -2.55. The van der Waals surface area contributed by atoms with Crippen molar-refractivity contribution in [3.63, 3.8) is 0 Å². The number of nitrogens with one attached hydrogen (secondary N) is 1. The van der Waals surface area contributed by atoms with Crippen LogP contribution in [0.25, 0.3) is 0 Å². The molecule has 1 spiro atoms. The van der Waals surface area contributed by atoms with Gasteiger partial charge in [0.15, 0.2) is 0 Å². The zero-order valence-electron chi connectivity index (χ0n) is 10.4. The fourth-order valence-electron chi connectivity index (χ4n) is 3.06. The van der Waals surface area contributed by atoms with E-state index in [1.54, 1.807) is 0 Å². The van der Waals surface area contributed by atoms with Crippen LogP contribution in [0.1, 0.15) is 32.1 Å². The molecule has 18 heavy (non-hydrogen) atoms. The number of amides is 1. The first kappa shape index (κ1) is 12.9. The predicted octanol–water partition coefficient (Wildman–Crippen LogP) is 1.93. The van der Waals surface area contributed by atoms with Gasteiger partial charge in [-0.25, -0.2) is 9.59 Å². The highest BCUT2D eigenvalue weighted by Gasteiger charge is 2.52. The Morgan fingerprint density at radius 3 is 2.61 bits per heavy atom. The van der Waals surface area contributed by atoms with Crippen molar-refractivity contribution >= 4 is 12.1 Å². The summed E-state index contributed by atoms with van der Waals surface area (Å²) < 4.78 is 4.75. The van der Waals surface area contributed by atoms with Crippen LogP contribution in [0.3, 0.4) is 0 Å². The molecule has 0 aromatic rings. The number of aliphatic carboxylic acids is 1. The van der Waals surface area contributed by atoms with Gasteiger partial charge in [-0.2, -0.15) is 0 Å². The lowest BCUT2D eigenvalue weighted by molar-refractivity contribution is -0.145. The third-order valence-corrected chi connectivity index (χ3v) is 4.15. The van der Waals surface area contributed by atoms with Crippen molar-refractivity contribution in [1.82, 2.24) is 5.32 Å². The van der Waals surface area contributed by atoms with Crippen molar-refractivity contribution in [3.05, 3.63) is 12.7 Å². The fraction of sp³-hybridized carbons (Fsp3) is 0.692. The summed E-state index contributed by atoms with van der Waals surface area (Å²) in [5.74, 6) is -0.941. The average molecular weight is 253 g/mol. The van der Waals surface area contributed by atoms with E-state index < -0.39 is 18.1 Å². The zero-order chi connectivity index (χ0) is 13.2. The summed E-state index contributed by atoms with van der Waals surface area (Å²) in [6.45, 7) is 3.52. The van der Waals surface area contributed by atoms with Crippen LogP contribution in [0.15, 0.2) is 12.7 Å². The largest absolute Gasteiger partial charge is 0.480 e. The van der Waals surface area contributed by atoms with Crippen molar-refractivity contribution < 1.29 is 19.4 Å². The summed E-state index contributed by atoms with van der Waals surface area (Å²) in [6.07, 6.45) is 6.24. The highest BCUT2D eigenvalue weighted by molar-refractivity contribution is 5.80. The highest BCUT2D eigenvalue weighted by atomic mass is 16.5. The van der Waals surface area contributed by atoms with Crippen molar-refractivity contribution in [3.8, 4) is 0 Å². The van der Waals surface area contributed by atoms with Gasteiger partial charge >= 0.3 is 12.1 Å². The maximum atomic E-state index is 11.4. The maximum Gasteiger partial charge on any atom is 0.408 e. The standard InChI is InChI=1S/C13H19NO4/c1-2-6-18-12(17)14-10(11(15)16)9-7-13(8-9)4-3-5-13/h2,9-10H,1,3-8H2,(H,14,17)(H,15,16). The molecule has 0 heterocycles. The number of ether oxygens (including phenoxy) is 1. The third-order valence-electron chi connectivity index (χ3n) is 4.15. The molecular formula is C13H19NO4. The van der Waals surface area contributed by atoms with Gasteiger partial charge in [0, 0.05) is 0 Å². The van der Waals surface area contributed by atoms with Gasteiger partial charge in [-0.15, -0.1) is 0 Å². The van der Waals surface area contributed by atoms with Gasteiger partial charge in [0.1, 0.15) is 12.6 Å². The van der Waals surface area contributed by atoms with Gasteiger partial charge in [0.2, 0.25) is 0 Å². The van der Waals surface area contributed by atoms with E-state index in [-0.39, 0.29) is 12.5 Å². The minimum Gasteiger partial charge on any atom is -0.480 e. The van der Waals surface area contributed by atoms with Crippen LogP contribution < -0.4 is 5.32 Å². The Morgan fingerprint density at radius 1 is 1.50 bits per heavy atom. The Kier molecular flexibility index (Phi) is 3.59. The molecule has 0 aliphatic heterocycles. The first-order valence-corrected chi connectivity index (χ1v) is 6.33. The first-order valence-electron chi connectivity index (χ1n) is 6.33. The van der Waals surface area contributed by atoms with Crippen LogP contribution in [0.4, 0.5) is 4.79 Å². The van der Waals surface area contributed by atoms with Gasteiger partial charge in [0.25, 0.3) is 0 Å². The van der Waals surface area contributed by atoms with E-state index in [4.69, 9.17) is 9.84 Å². The number of alkyl carbamates (subject to hydrolysis) is 1. The summed E-state index contributed by atoms with van der Waals surface area (Å²) in [4.78, 5) is 22.5. The summed E-state index contributed by atoms with van der Waals surface area (Å²) >= 11 is 0. The first-order chi connectivity index (χ1) is 8.56. The molecule has 5 nitrogen and oxygen atoms in total. The number of carboxylic acids is 1. The van der Waals surface area contributed by atoms with Crippen LogP contribution >= 0.6 is 0 Å². The number of hydrogen-bond acceptors (Lipinski definition) is 3. The number of carbonyl (C=O) groups excluding carboxylic acids is 1. The minimum atomic E-state index is -0.982. The van der Waals surface area contributed by atoms with Gasteiger partial charge in [0.05, 0.1) is 0 Å². The van der Waals surface area contributed by atoms with Gasteiger partial charge in [-0.3, -0.25) is 0 Å². The van der Waals surface area contributed by atoms with Crippen LogP contribution in [-0.4, -0.2) is 29.8 Å². The van der Waals surface area contributed by atoms with Crippen molar-refractivity contribution in [2.24, 2.45) is 11.3 Å². The maximum absolute atomic E-state index is 11.4. The molecular weight excluding hydrogens is 234 g/mol. The molecule has 0 aromatic carbocycles. The summed E-state index contributed by atoms with van der Waals surface area (Å²) in [7, 11) is 0. The Bertz CT molecular complexity index is 354. The molecule has 0 aromatic heterocycles. The van der Waals surface area contributed by atoms with Crippen molar-refractivity contribution in [2.75, 3.05) is 6.61 Å². The Balaban J connectivity index is 1.83. The van der Waals surface area contributed by atoms with E-state index in [0.29, 0.717) is 5.41 Å². The summed E-state index contributed by atoms with van der Waals surface area (Å²) in [6, 6.07) is -0.825. The van der Waals surface area contributed by atoms with Gasteiger partial charge in [-0.1, -0.05) is 19.1 Å². The number of hydrogen-bond donors (Lipinski definition) is 2. The Labute approximate surface area is 106 Å². The number of carboxylic acid groups (broad SMARTS) is 1. The van der Waals surface area contributed by atoms with Crippen LogP contribution in [0.2, 0.25) is 0 Å². The lowest BCUT2D eigenvalue weighted by atomic mass is 9.50. The molecule has 1 amide bonds. The number of rotatable bonds is 5. The molecule has 2 fully saturated rings. The fourth-order valence-corrected chi connectivity index (χ4v) is 3.06. The average Bonchev–Trinajstić information content (AvgIpc) is 2.20. The Morgan fingerprint density at radius 2 is 2.17 bits per heavy atom. The smallest absolute Gasteiger partial charge is 0.408 e. The molecule has 100 valence electrons. The predicted molar refractivity (Wildman–Crippen MR) is 65.1 cm³/mol. The molecule has 0 bridgehead atoms. The molecule has 0 radical (unpaired) electrons. The Hall–Kier alpha value is -1.52. The normalized spacial score (nSPS) is 22.4. The quantitative estimate of drug-likeness (QED) is 0.734. The second-order valence-electron chi connectivity index (χ2n) is 5.37. The summed E-state index contributed by atoms with van der Waals surface area (Å²) in [5, 5.41) is 11.6. The van der Waals surface area contributed by atoms with Crippen molar-refractivity contribution in [2.45, 2.75) is 38.1 Å². The molecule has 2 saturated carbocycles. The second-order valence-corrected chi connectivity index (χ2v) is 5.37.